The van der Waals surface area contributed by atoms with E-state index in [1.54, 1.807) is 6.92 Å². The van der Waals surface area contributed by atoms with Crippen LogP contribution in [0.2, 0.25) is 0 Å². The molecule has 2 atom stereocenters. The summed E-state index contributed by atoms with van der Waals surface area (Å²) in [6, 6.07) is 0. The Morgan fingerprint density at radius 3 is 2.80 bits per heavy atom. The molecule has 1 N–H and O–H groups in total. The van der Waals surface area contributed by atoms with Gasteiger partial charge < -0.3 is 9.84 Å². The Morgan fingerprint density at radius 2 is 2.40 bits per heavy atom. The maximum absolute atomic E-state index is 9.18. The molecule has 1 aliphatic rings. The highest BCUT2D eigenvalue weighted by atomic mass is 17.2. The summed E-state index contributed by atoms with van der Waals surface area (Å²) >= 11 is 0. The van der Waals surface area contributed by atoms with E-state index in [4.69, 9.17) is 4.74 Å². The van der Waals surface area contributed by atoms with E-state index in [0.29, 0.717) is 12.8 Å². The van der Waals surface area contributed by atoms with Gasteiger partial charge in [-0.05, 0) is 6.92 Å². The van der Waals surface area contributed by atoms with Gasteiger partial charge in [0.15, 0.2) is 12.1 Å². The van der Waals surface area contributed by atoms with Crippen molar-refractivity contribution < 1.29 is 19.6 Å². The minimum atomic E-state index is -1.14. The van der Waals surface area contributed by atoms with E-state index in [2.05, 4.69) is 9.78 Å². The zero-order chi connectivity index (χ0) is 7.61. The molecule has 1 heterocycles. The van der Waals surface area contributed by atoms with E-state index in [9.17, 15) is 5.11 Å². The predicted molar refractivity (Wildman–Crippen MR) is 32.8 cm³/mol. The van der Waals surface area contributed by atoms with Gasteiger partial charge in [0.05, 0.1) is 0 Å². The third-order valence-electron chi connectivity index (χ3n) is 1.44. The van der Waals surface area contributed by atoms with Crippen LogP contribution >= 0.6 is 0 Å². The van der Waals surface area contributed by atoms with Crippen LogP contribution in [0.1, 0.15) is 19.8 Å². The first-order chi connectivity index (χ1) is 4.64. The number of ether oxygens (including phenoxy) is 1. The molecule has 1 fully saturated rings. The van der Waals surface area contributed by atoms with E-state index in [0.717, 1.165) is 0 Å². The molecule has 0 unspecified atom stereocenters. The van der Waals surface area contributed by atoms with Crippen LogP contribution in [0.4, 0.5) is 0 Å². The van der Waals surface area contributed by atoms with Crippen molar-refractivity contribution in [2.24, 2.45) is 0 Å². The highest BCUT2D eigenvalue weighted by Gasteiger charge is 2.31. The Labute approximate surface area is 59.6 Å². The summed E-state index contributed by atoms with van der Waals surface area (Å²) in [7, 11) is 1.54. The average molecular weight is 148 g/mol. The summed E-state index contributed by atoms with van der Waals surface area (Å²) in [6.45, 7) is 1.55. The highest BCUT2D eigenvalue weighted by Crippen LogP contribution is 2.23. The fourth-order valence-electron chi connectivity index (χ4n) is 0.790. The second kappa shape index (κ2) is 2.84. The molecule has 0 radical (unpaired) electrons. The summed E-state index contributed by atoms with van der Waals surface area (Å²) < 4.78 is 4.83. The number of rotatable bonds is 1. The minimum absolute atomic E-state index is 0.333. The van der Waals surface area contributed by atoms with E-state index in [1.807, 2.05) is 0 Å². The van der Waals surface area contributed by atoms with Crippen molar-refractivity contribution in [3.05, 3.63) is 0 Å². The molecule has 0 bridgehead atoms. The summed E-state index contributed by atoms with van der Waals surface area (Å²) in [5, 5.41) is 9.18. The predicted octanol–water partition coefficient (Wildman–Crippen LogP) is 0.409. The molecule has 0 aromatic rings. The molecule has 1 rings (SSSR count). The zero-order valence-corrected chi connectivity index (χ0v) is 6.16. The Bertz CT molecular complexity index is 102. The molecule has 0 amide bonds. The lowest BCUT2D eigenvalue weighted by atomic mass is 10.1. The molecule has 10 heavy (non-hydrogen) atoms. The van der Waals surface area contributed by atoms with Gasteiger partial charge >= 0.3 is 0 Å². The lowest BCUT2D eigenvalue weighted by Gasteiger charge is -2.30. The standard InChI is InChI=1S/C6H12O4/c1-6(7)4-3-5(8-2)9-10-6/h5,7H,3-4H2,1-2H3/t5-,6+/m1/s1. The third-order valence-corrected chi connectivity index (χ3v) is 1.44. The second-order valence-electron chi connectivity index (χ2n) is 2.56. The highest BCUT2D eigenvalue weighted by molar-refractivity contribution is 4.62. The van der Waals surface area contributed by atoms with Gasteiger partial charge in [-0.1, -0.05) is 0 Å². The molecular weight excluding hydrogens is 136 g/mol. The van der Waals surface area contributed by atoms with Crippen molar-refractivity contribution in [2.75, 3.05) is 7.11 Å². The number of hydrogen-bond acceptors (Lipinski definition) is 4. The smallest absolute Gasteiger partial charge is 0.196 e. The van der Waals surface area contributed by atoms with E-state index in [1.165, 1.54) is 7.11 Å². The SMILES string of the molecule is CO[C@H]1CC[C@@](C)(O)OO1. The Morgan fingerprint density at radius 1 is 1.70 bits per heavy atom. The molecule has 4 heteroatoms. The molecule has 1 saturated heterocycles. The Hall–Kier alpha value is -0.160. The molecule has 0 aromatic carbocycles. The molecular formula is C6H12O4. The number of methoxy groups -OCH3 is 1. The molecule has 4 nitrogen and oxygen atoms in total. The van der Waals surface area contributed by atoms with Crippen LogP contribution < -0.4 is 0 Å². The minimum Gasteiger partial charge on any atom is -0.363 e. The van der Waals surface area contributed by atoms with Crippen molar-refractivity contribution in [3.63, 3.8) is 0 Å². The van der Waals surface area contributed by atoms with Gasteiger partial charge in [-0.3, -0.25) is 0 Å². The van der Waals surface area contributed by atoms with Gasteiger partial charge in [-0.25, -0.2) is 4.89 Å². The Balaban J connectivity index is 2.31. The van der Waals surface area contributed by atoms with Crippen LogP contribution in [0, 0.1) is 0 Å². The van der Waals surface area contributed by atoms with E-state index >= 15 is 0 Å². The number of aliphatic hydroxyl groups is 1. The van der Waals surface area contributed by atoms with E-state index < -0.39 is 5.79 Å². The van der Waals surface area contributed by atoms with Crippen LogP contribution in [-0.4, -0.2) is 24.3 Å². The molecule has 1 aliphatic heterocycles. The van der Waals surface area contributed by atoms with Crippen molar-refractivity contribution in [3.8, 4) is 0 Å². The summed E-state index contributed by atoms with van der Waals surface area (Å²) in [5.74, 6) is -1.14. The Kier molecular flexibility index (Phi) is 2.25. The first kappa shape index (κ1) is 7.94. The van der Waals surface area contributed by atoms with Crippen molar-refractivity contribution >= 4 is 0 Å². The average Bonchev–Trinajstić information content (AvgIpc) is 1.88. The van der Waals surface area contributed by atoms with Gasteiger partial charge in [-0.15, -0.1) is 0 Å². The second-order valence-corrected chi connectivity index (χ2v) is 2.56. The fraction of sp³-hybridized carbons (Fsp3) is 1.00. The van der Waals surface area contributed by atoms with Crippen LogP contribution in [-0.2, 0) is 14.5 Å². The lowest BCUT2D eigenvalue weighted by molar-refractivity contribution is -0.484. The largest absolute Gasteiger partial charge is 0.363 e. The molecule has 0 saturated carbocycles. The third kappa shape index (κ3) is 1.91. The van der Waals surface area contributed by atoms with E-state index in [-0.39, 0.29) is 6.29 Å². The summed E-state index contributed by atoms with van der Waals surface area (Å²) in [4.78, 5) is 9.27. The quantitative estimate of drug-likeness (QED) is 0.547. The maximum atomic E-state index is 9.18. The first-order valence-corrected chi connectivity index (χ1v) is 3.24. The van der Waals surface area contributed by atoms with Gasteiger partial charge in [0, 0.05) is 20.0 Å². The molecule has 0 spiro atoms. The zero-order valence-electron chi connectivity index (χ0n) is 6.16. The van der Waals surface area contributed by atoms with Crippen molar-refractivity contribution in [1.29, 1.82) is 0 Å². The molecule has 0 aliphatic carbocycles. The van der Waals surface area contributed by atoms with Crippen LogP contribution in [0.15, 0.2) is 0 Å². The van der Waals surface area contributed by atoms with Gasteiger partial charge in [0.2, 0.25) is 0 Å². The van der Waals surface area contributed by atoms with Crippen molar-refractivity contribution in [2.45, 2.75) is 31.8 Å². The first-order valence-electron chi connectivity index (χ1n) is 3.24. The summed E-state index contributed by atoms with van der Waals surface area (Å²) in [5.41, 5.74) is 0. The fourth-order valence-corrected chi connectivity index (χ4v) is 0.790. The molecule has 60 valence electrons. The topological polar surface area (TPSA) is 47.9 Å². The monoisotopic (exact) mass is 148 g/mol. The van der Waals surface area contributed by atoms with Crippen molar-refractivity contribution in [1.82, 2.24) is 0 Å². The normalized spacial score (nSPS) is 41.7. The number of hydrogen-bond donors (Lipinski definition) is 1. The lowest BCUT2D eigenvalue weighted by Crippen LogP contribution is -2.37. The van der Waals surface area contributed by atoms with Crippen LogP contribution in [0.3, 0.4) is 0 Å². The van der Waals surface area contributed by atoms with Gasteiger partial charge in [0.25, 0.3) is 0 Å². The van der Waals surface area contributed by atoms with Crippen LogP contribution in [0.5, 0.6) is 0 Å². The van der Waals surface area contributed by atoms with Crippen LogP contribution in [0.25, 0.3) is 0 Å². The molecule has 0 aromatic heterocycles. The van der Waals surface area contributed by atoms with Gasteiger partial charge in [0.1, 0.15) is 0 Å². The summed E-state index contributed by atoms with van der Waals surface area (Å²) in [6.07, 6.45) is 0.856. The van der Waals surface area contributed by atoms with Gasteiger partial charge in [-0.2, -0.15) is 4.89 Å². The maximum Gasteiger partial charge on any atom is 0.196 e.